The third-order valence-electron chi connectivity index (χ3n) is 3.20. The molecule has 1 aromatic rings. The van der Waals surface area contributed by atoms with Gasteiger partial charge in [-0.2, -0.15) is 0 Å². The van der Waals surface area contributed by atoms with Gasteiger partial charge in [0.05, 0.1) is 17.0 Å². The average Bonchev–Trinajstić information content (AvgIpc) is 2.46. The molecule has 1 aliphatic carbocycles. The van der Waals surface area contributed by atoms with Gasteiger partial charge in [-0.25, -0.2) is 4.99 Å². The summed E-state index contributed by atoms with van der Waals surface area (Å²) in [5, 5.41) is 11.3. The smallest absolute Gasteiger partial charge is 0.250 e. The van der Waals surface area contributed by atoms with E-state index in [9.17, 15) is 14.9 Å². The van der Waals surface area contributed by atoms with Crippen molar-refractivity contribution in [2.75, 3.05) is 0 Å². The normalized spacial score (nSPS) is 20.3. The summed E-state index contributed by atoms with van der Waals surface area (Å²) in [6, 6.07) is 6.04. The molecular weight excluding hydrogens is 292 g/mol. The number of benzene rings is 1. The van der Waals surface area contributed by atoms with Crippen molar-refractivity contribution in [1.29, 1.82) is 0 Å². The van der Waals surface area contributed by atoms with Gasteiger partial charge in [-0.15, -0.1) is 0 Å². The van der Waals surface area contributed by atoms with E-state index in [1.165, 1.54) is 24.3 Å². The van der Waals surface area contributed by atoms with Crippen LogP contribution in [0.1, 0.15) is 5.56 Å². The zero-order valence-electron chi connectivity index (χ0n) is 10.7. The molecule has 104 valence electrons. The molecule has 1 unspecified atom stereocenters. The first kappa shape index (κ1) is 13.5. The molecule has 0 saturated heterocycles. The third-order valence-corrected chi connectivity index (χ3v) is 3.44. The van der Waals surface area contributed by atoms with Crippen molar-refractivity contribution in [2.24, 2.45) is 4.99 Å². The first-order valence-electron chi connectivity index (χ1n) is 6.19. The van der Waals surface area contributed by atoms with Gasteiger partial charge in [0.25, 0.3) is 6.04 Å². The van der Waals surface area contributed by atoms with Crippen molar-refractivity contribution in [2.45, 2.75) is 6.04 Å². The molecule has 0 fully saturated rings. The minimum Gasteiger partial charge on any atom is -0.289 e. The van der Waals surface area contributed by atoms with Gasteiger partial charge < -0.3 is 0 Å². The van der Waals surface area contributed by atoms with Crippen LogP contribution in [0.4, 0.5) is 0 Å². The third kappa shape index (κ3) is 2.55. The lowest BCUT2D eigenvalue weighted by Crippen LogP contribution is -2.24. The van der Waals surface area contributed by atoms with E-state index in [-0.39, 0.29) is 11.4 Å². The molecule has 0 N–H and O–H groups in total. The number of halogens is 1. The Bertz CT molecular complexity index is 775. The Kier molecular flexibility index (Phi) is 3.27. The van der Waals surface area contributed by atoms with Crippen molar-refractivity contribution in [3.63, 3.8) is 0 Å². The summed E-state index contributed by atoms with van der Waals surface area (Å²) in [6.07, 6.45) is 5.62. The SMILES string of the molecule is O=C1C=C(c2cccc(Cl)c2)N=C2C=CC([N+](=O)[O-])C=C12. The quantitative estimate of drug-likeness (QED) is 0.622. The standard InChI is InChI=1S/C15H9ClN2O3/c16-10-3-1-2-9(6-10)14-8-15(19)12-7-11(18(20)21)4-5-13(12)17-14/h1-8,11H. The number of nitrogens with zero attached hydrogens (tertiary/aromatic N) is 2. The predicted octanol–water partition coefficient (Wildman–Crippen LogP) is 2.85. The summed E-state index contributed by atoms with van der Waals surface area (Å²) in [6.45, 7) is 0. The summed E-state index contributed by atoms with van der Waals surface area (Å²) in [4.78, 5) is 26.9. The number of nitro groups is 1. The molecule has 21 heavy (non-hydrogen) atoms. The fourth-order valence-electron chi connectivity index (χ4n) is 2.19. The monoisotopic (exact) mass is 300 g/mol. The van der Waals surface area contributed by atoms with E-state index >= 15 is 0 Å². The number of carbonyl (C=O) groups excluding carboxylic acids is 1. The van der Waals surface area contributed by atoms with Gasteiger partial charge in [0.2, 0.25) is 0 Å². The zero-order chi connectivity index (χ0) is 15.0. The van der Waals surface area contributed by atoms with Crippen LogP contribution in [0.15, 0.2) is 59.1 Å². The van der Waals surface area contributed by atoms with Crippen LogP contribution in [0.2, 0.25) is 5.02 Å². The van der Waals surface area contributed by atoms with E-state index in [2.05, 4.69) is 4.99 Å². The second kappa shape index (κ2) is 5.10. The molecule has 0 aromatic heterocycles. The van der Waals surface area contributed by atoms with Crippen LogP contribution in [0.5, 0.6) is 0 Å². The number of hydrogen-bond donors (Lipinski definition) is 0. The molecule has 0 saturated carbocycles. The number of ketones is 1. The molecule has 0 amide bonds. The topological polar surface area (TPSA) is 72.6 Å². The molecule has 0 spiro atoms. The van der Waals surface area contributed by atoms with Gasteiger partial charge >= 0.3 is 0 Å². The van der Waals surface area contributed by atoms with Crippen molar-refractivity contribution >= 4 is 28.8 Å². The fraction of sp³-hybridized carbons (Fsp3) is 0.0667. The lowest BCUT2D eigenvalue weighted by Gasteiger charge is -2.16. The molecule has 1 heterocycles. The van der Waals surface area contributed by atoms with Crippen LogP contribution in [0, 0.1) is 10.1 Å². The minimum absolute atomic E-state index is 0.268. The molecule has 0 radical (unpaired) electrons. The first-order chi connectivity index (χ1) is 10.0. The van der Waals surface area contributed by atoms with Crippen molar-refractivity contribution in [1.82, 2.24) is 0 Å². The average molecular weight is 301 g/mol. The summed E-state index contributed by atoms with van der Waals surface area (Å²) in [7, 11) is 0. The van der Waals surface area contributed by atoms with Crippen molar-refractivity contribution in [3.05, 3.63) is 74.8 Å². The van der Waals surface area contributed by atoms with E-state index in [1.807, 2.05) is 0 Å². The van der Waals surface area contributed by atoms with Gasteiger partial charge in [-0.1, -0.05) is 23.7 Å². The fourth-order valence-corrected chi connectivity index (χ4v) is 2.38. The maximum absolute atomic E-state index is 12.2. The Morgan fingerprint density at radius 1 is 1.33 bits per heavy atom. The molecule has 1 atom stereocenters. The number of allylic oxidation sites excluding steroid dienone is 3. The highest BCUT2D eigenvalue weighted by Crippen LogP contribution is 2.27. The van der Waals surface area contributed by atoms with Gasteiger partial charge in [0.1, 0.15) is 0 Å². The van der Waals surface area contributed by atoms with Crippen LogP contribution in [0.3, 0.4) is 0 Å². The van der Waals surface area contributed by atoms with Crippen LogP contribution >= 0.6 is 11.6 Å². The Morgan fingerprint density at radius 2 is 2.14 bits per heavy atom. The van der Waals surface area contributed by atoms with Crippen LogP contribution in [-0.4, -0.2) is 22.5 Å². The number of hydrogen-bond acceptors (Lipinski definition) is 4. The minimum atomic E-state index is -0.982. The Morgan fingerprint density at radius 3 is 2.86 bits per heavy atom. The van der Waals surface area contributed by atoms with Gasteiger partial charge in [0.15, 0.2) is 5.78 Å². The van der Waals surface area contributed by atoms with E-state index in [0.717, 1.165) is 5.56 Å². The highest BCUT2D eigenvalue weighted by Gasteiger charge is 2.27. The first-order valence-corrected chi connectivity index (χ1v) is 6.57. The number of carbonyl (C=O) groups is 1. The molecule has 6 heteroatoms. The maximum atomic E-state index is 12.2. The van der Waals surface area contributed by atoms with E-state index in [4.69, 9.17) is 11.6 Å². The largest absolute Gasteiger partial charge is 0.289 e. The Labute approximate surface area is 125 Å². The molecule has 3 rings (SSSR count). The summed E-state index contributed by atoms with van der Waals surface area (Å²) >= 11 is 5.93. The highest BCUT2D eigenvalue weighted by molar-refractivity contribution is 6.34. The van der Waals surface area contributed by atoms with E-state index < -0.39 is 11.0 Å². The van der Waals surface area contributed by atoms with Gasteiger partial charge in [0, 0.05) is 27.7 Å². The molecule has 2 aliphatic rings. The second-order valence-corrected chi connectivity index (χ2v) is 5.05. The molecule has 1 aliphatic heterocycles. The van der Waals surface area contributed by atoms with Gasteiger partial charge in [-0.05, 0) is 24.3 Å². The van der Waals surface area contributed by atoms with Gasteiger partial charge in [-0.3, -0.25) is 14.9 Å². The number of fused-ring (bicyclic) bond motifs is 1. The van der Waals surface area contributed by atoms with Crippen molar-refractivity contribution < 1.29 is 9.72 Å². The number of aliphatic imine (C=N–C) groups is 1. The van der Waals surface area contributed by atoms with E-state index in [0.29, 0.717) is 16.4 Å². The van der Waals surface area contributed by atoms with Crippen molar-refractivity contribution in [3.8, 4) is 0 Å². The van der Waals surface area contributed by atoms with Crippen LogP contribution in [-0.2, 0) is 4.79 Å². The zero-order valence-corrected chi connectivity index (χ0v) is 11.4. The van der Waals surface area contributed by atoms with Crippen LogP contribution < -0.4 is 0 Å². The summed E-state index contributed by atoms with van der Waals surface area (Å²) in [5.74, 6) is -0.286. The van der Waals surface area contributed by atoms with E-state index in [1.54, 1.807) is 24.3 Å². The summed E-state index contributed by atoms with van der Waals surface area (Å²) in [5.41, 5.74) is 1.94. The maximum Gasteiger partial charge on any atom is 0.250 e. The molecule has 5 nitrogen and oxygen atoms in total. The molecular formula is C15H9ClN2O3. The second-order valence-electron chi connectivity index (χ2n) is 4.62. The predicted molar refractivity (Wildman–Crippen MR) is 79.9 cm³/mol. The van der Waals surface area contributed by atoms with Crippen LogP contribution in [0.25, 0.3) is 5.70 Å². The lowest BCUT2D eigenvalue weighted by atomic mass is 9.93. The highest BCUT2D eigenvalue weighted by atomic mass is 35.5. The number of rotatable bonds is 2. The molecule has 0 bridgehead atoms. The summed E-state index contributed by atoms with van der Waals surface area (Å²) < 4.78 is 0. The molecule has 1 aromatic carbocycles. The lowest BCUT2D eigenvalue weighted by molar-refractivity contribution is -0.496. The Hall–Kier alpha value is -2.53. The Balaban J connectivity index is 2.01.